The summed E-state index contributed by atoms with van der Waals surface area (Å²) in [5.41, 5.74) is 2.72. The highest BCUT2D eigenvalue weighted by Crippen LogP contribution is 2.15. The van der Waals surface area contributed by atoms with Gasteiger partial charge in [0.2, 0.25) is 0 Å². The first-order valence-electron chi connectivity index (χ1n) is 22.5. The molecule has 0 aliphatic heterocycles. The molecule has 0 aliphatic rings. The summed E-state index contributed by atoms with van der Waals surface area (Å²) in [7, 11) is 21.0. The second kappa shape index (κ2) is 37.8. The Morgan fingerprint density at radius 1 is 0.356 bits per heavy atom. The summed E-state index contributed by atoms with van der Waals surface area (Å²) in [4.78, 5) is 11.0. The van der Waals surface area contributed by atoms with Crippen molar-refractivity contribution in [3.8, 4) is 0 Å². The van der Waals surface area contributed by atoms with E-state index < -0.39 is 0 Å². The molecule has 5 N–H and O–H groups in total. The van der Waals surface area contributed by atoms with Gasteiger partial charge in [-0.15, -0.1) is 0 Å². The lowest BCUT2D eigenvalue weighted by Gasteiger charge is -2.24. The summed E-state index contributed by atoms with van der Waals surface area (Å²) in [6, 6.07) is 26.1. The van der Waals surface area contributed by atoms with Crippen molar-refractivity contribution in [2.75, 3.05) is 110 Å². The van der Waals surface area contributed by atoms with Crippen molar-refractivity contribution in [1.29, 1.82) is 0 Å². The van der Waals surface area contributed by atoms with Crippen LogP contribution in [0.4, 0.5) is 0 Å². The van der Waals surface area contributed by atoms with Crippen molar-refractivity contribution < 1.29 is 0 Å². The number of likely N-dealkylation sites (N-methyl/N-ethyl adjacent to an activating group) is 5. The van der Waals surface area contributed by atoms with E-state index in [0.717, 1.165) is 39.3 Å². The fourth-order valence-corrected chi connectivity index (χ4v) is 6.33. The number of rotatable bonds is 22. The molecule has 0 aromatic heterocycles. The highest BCUT2D eigenvalue weighted by atomic mass is 15.1. The summed E-state index contributed by atoms with van der Waals surface area (Å²) < 4.78 is 0. The Labute approximate surface area is 369 Å². The van der Waals surface area contributed by atoms with E-state index in [-0.39, 0.29) is 0 Å². The van der Waals surface area contributed by atoms with Gasteiger partial charge >= 0.3 is 0 Å². The largest absolute Gasteiger partial charge is 0.313 e. The number of hydrogen-bond acceptors (Lipinski definition) is 10. The van der Waals surface area contributed by atoms with Crippen LogP contribution in [0.1, 0.15) is 106 Å². The molecule has 2 rings (SSSR count). The third-order valence-electron chi connectivity index (χ3n) is 8.19. The molecule has 2 aromatic carbocycles. The van der Waals surface area contributed by atoms with Crippen LogP contribution in [0, 0.1) is 0 Å². The molecule has 59 heavy (non-hydrogen) atoms. The van der Waals surface area contributed by atoms with Gasteiger partial charge in [0.1, 0.15) is 0 Å². The first kappa shape index (κ1) is 61.3. The molecule has 0 bridgehead atoms. The minimum Gasteiger partial charge on any atom is -0.313 e. The molecule has 4 atom stereocenters. The summed E-state index contributed by atoms with van der Waals surface area (Å²) in [5.74, 6) is 0. The molecule has 10 nitrogen and oxygen atoms in total. The minimum absolute atomic E-state index is 0.418. The van der Waals surface area contributed by atoms with Crippen molar-refractivity contribution in [2.45, 2.75) is 137 Å². The molecular formula is C49H102N10. The monoisotopic (exact) mass is 831 g/mol. The predicted molar refractivity (Wildman–Crippen MR) is 266 cm³/mol. The van der Waals surface area contributed by atoms with Crippen LogP contribution >= 0.6 is 0 Å². The molecule has 0 radical (unpaired) electrons. The second-order valence-electron chi connectivity index (χ2n) is 19.0. The van der Waals surface area contributed by atoms with Gasteiger partial charge in [-0.25, -0.2) is 0 Å². The quantitative estimate of drug-likeness (QED) is 0.0859. The highest BCUT2D eigenvalue weighted by molar-refractivity contribution is 5.20. The molecule has 0 heterocycles. The summed E-state index contributed by atoms with van der Waals surface area (Å²) >= 11 is 0. The Morgan fingerprint density at radius 3 is 0.864 bits per heavy atom. The zero-order valence-corrected chi connectivity index (χ0v) is 42.9. The number of hydrogen-bond donors (Lipinski definition) is 5. The van der Waals surface area contributed by atoms with Crippen molar-refractivity contribution in [3.63, 3.8) is 0 Å². The second-order valence-corrected chi connectivity index (χ2v) is 19.0. The van der Waals surface area contributed by atoms with Crippen LogP contribution in [0.15, 0.2) is 60.7 Å². The smallest absolute Gasteiger partial charge is 0.0450 e. The van der Waals surface area contributed by atoms with Crippen LogP contribution in [0.3, 0.4) is 0 Å². The molecule has 348 valence electrons. The Balaban J connectivity index is -0.000000677. The van der Waals surface area contributed by atoms with Gasteiger partial charge in [-0.05, 0) is 95.5 Å². The maximum Gasteiger partial charge on any atom is 0.0450 e. The van der Waals surface area contributed by atoms with Crippen molar-refractivity contribution in [2.24, 2.45) is 0 Å². The highest BCUT2D eigenvalue weighted by Gasteiger charge is 2.14. The number of benzene rings is 2. The number of nitrogens with zero attached hydrogens (tertiary/aromatic N) is 5. The lowest BCUT2D eigenvalue weighted by atomic mass is 10.1. The maximum absolute atomic E-state index is 3.59. The van der Waals surface area contributed by atoms with Crippen LogP contribution in [-0.4, -0.2) is 177 Å². The van der Waals surface area contributed by atoms with E-state index in [1.165, 1.54) is 11.1 Å². The van der Waals surface area contributed by atoms with E-state index in [1.54, 1.807) is 0 Å². The Hall–Kier alpha value is -1.96. The Kier molecular flexibility index (Phi) is 39.3. The van der Waals surface area contributed by atoms with Crippen molar-refractivity contribution >= 4 is 0 Å². The van der Waals surface area contributed by atoms with E-state index in [4.69, 9.17) is 0 Å². The van der Waals surface area contributed by atoms with Gasteiger partial charge in [0.15, 0.2) is 0 Å². The lowest BCUT2D eigenvalue weighted by Crippen LogP contribution is -2.39. The van der Waals surface area contributed by atoms with Gasteiger partial charge in [0.25, 0.3) is 0 Å². The normalized spacial score (nSPS) is 13.6. The van der Waals surface area contributed by atoms with E-state index in [9.17, 15) is 0 Å². The first-order chi connectivity index (χ1) is 27.3. The Morgan fingerprint density at radius 2 is 0.644 bits per heavy atom. The fourth-order valence-electron chi connectivity index (χ4n) is 6.33. The van der Waals surface area contributed by atoms with Crippen LogP contribution in [0.2, 0.25) is 0 Å². The van der Waals surface area contributed by atoms with Gasteiger partial charge in [0, 0.05) is 93.6 Å². The molecule has 0 saturated carbocycles. The molecule has 0 unspecified atom stereocenters. The topological polar surface area (TPSA) is 76.3 Å². The number of nitrogens with one attached hydrogen (secondary N) is 5. The summed E-state index contributed by atoms with van der Waals surface area (Å²) in [6.07, 6.45) is 0. The molecule has 0 aliphatic carbocycles. The van der Waals surface area contributed by atoms with Crippen LogP contribution in [-0.2, 0) is 0 Å². The van der Waals surface area contributed by atoms with E-state index >= 15 is 0 Å². The van der Waals surface area contributed by atoms with Crippen LogP contribution < -0.4 is 26.6 Å². The average Bonchev–Trinajstić information content (AvgIpc) is 3.07. The van der Waals surface area contributed by atoms with E-state index in [2.05, 4.69) is 265 Å². The molecule has 10 heteroatoms. The van der Waals surface area contributed by atoms with E-state index in [1.807, 2.05) is 0 Å². The van der Waals surface area contributed by atoms with Gasteiger partial charge in [-0.1, -0.05) is 130 Å². The van der Waals surface area contributed by atoms with Gasteiger partial charge < -0.3 is 51.1 Å². The maximum atomic E-state index is 3.59. The lowest BCUT2D eigenvalue weighted by molar-refractivity contribution is 0.328. The third-order valence-corrected chi connectivity index (χ3v) is 8.19. The molecule has 2 aromatic rings. The SMILES string of the molecule is CC(C)NCCN(C)C.CC(C)N[C@@H](C)CN(C)C.CC(C)N[C@@H](CN(C)C)c1ccccc1.CC(C)N[C@H](C)CN(C)C.CC(C)N[C@H](CN(C)C)c1ccccc1. The summed E-state index contributed by atoms with van der Waals surface area (Å²) in [5, 5.41) is 17.4. The van der Waals surface area contributed by atoms with Gasteiger partial charge in [-0.2, -0.15) is 0 Å². The molecular weight excluding hydrogens is 729 g/mol. The molecule has 0 amide bonds. The zero-order valence-electron chi connectivity index (χ0n) is 42.9. The van der Waals surface area contributed by atoms with Crippen molar-refractivity contribution in [3.05, 3.63) is 71.8 Å². The molecule has 0 saturated heterocycles. The fraction of sp³-hybridized carbons (Fsp3) is 0.755. The van der Waals surface area contributed by atoms with Gasteiger partial charge in [-0.3, -0.25) is 0 Å². The van der Waals surface area contributed by atoms with Crippen LogP contribution in [0.25, 0.3) is 0 Å². The first-order valence-corrected chi connectivity index (χ1v) is 22.5. The third kappa shape index (κ3) is 45.4. The predicted octanol–water partition coefficient (Wildman–Crippen LogP) is 6.99. The zero-order chi connectivity index (χ0) is 46.1. The average molecular weight is 831 g/mol. The van der Waals surface area contributed by atoms with Crippen molar-refractivity contribution in [1.82, 2.24) is 51.1 Å². The molecule has 0 fully saturated rings. The molecule has 0 spiro atoms. The Bertz CT molecular complexity index is 1010. The van der Waals surface area contributed by atoms with E-state index in [0.29, 0.717) is 54.4 Å². The van der Waals surface area contributed by atoms with Gasteiger partial charge in [0.05, 0.1) is 0 Å². The van der Waals surface area contributed by atoms with Crippen LogP contribution in [0.5, 0.6) is 0 Å². The summed E-state index contributed by atoms with van der Waals surface area (Å²) in [6.45, 7) is 32.7. The minimum atomic E-state index is 0.418. The standard InChI is InChI=1S/2C13H22N2.2C8H20N2.C7H18N2/c2*1-11(2)14-13(10-15(3)4)12-8-6-5-7-9-12;2*1-7(2)9-8(3)6-10(4)5;1-7(2)8-5-6-9(3)4/h2*5-9,11,13-14H,10H2,1-4H3;2*7-9H,6H2,1-5H3;7-8H,5-6H2,1-4H3/t2*13-;2*8-;/m1010./s1.